The predicted molar refractivity (Wildman–Crippen MR) is 87.8 cm³/mol. The van der Waals surface area contributed by atoms with Gasteiger partial charge in [-0.1, -0.05) is 11.2 Å². The second-order valence-electron chi connectivity index (χ2n) is 5.91. The summed E-state index contributed by atoms with van der Waals surface area (Å²) in [5.41, 5.74) is 2.26. The highest BCUT2D eigenvalue weighted by atomic mass is 16.5. The smallest absolute Gasteiger partial charge is 0.161 e. The van der Waals surface area contributed by atoms with Crippen molar-refractivity contribution in [2.24, 2.45) is 0 Å². The van der Waals surface area contributed by atoms with Crippen molar-refractivity contribution in [2.75, 3.05) is 20.3 Å². The third-order valence-corrected chi connectivity index (χ3v) is 4.26. The van der Waals surface area contributed by atoms with Crippen LogP contribution in [0.25, 0.3) is 0 Å². The van der Waals surface area contributed by atoms with Gasteiger partial charge >= 0.3 is 0 Å². The van der Waals surface area contributed by atoms with E-state index < -0.39 is 0 Å². The zero-order valence-corrected chi connectivity index (χ0v) is 14.0. The van der Waals surface area contributed by atoms with Crippen LogP contribution in [0.2, 0.25) is 0 Å². The molecular weight excluding hydrogens is 292 g/mol. The molecule has 124 valence electrons. The van der Waals surface area contributed by atoms with Gasteiger partial charge in [0.05, 0.1) is 19.8 Å². The third kappa shape index (κ3) is 3.50. The number of aryl methyl sites for hydroxylation is 1. The lowest BCUT2D eigenvalue weighted by atomic mass is 10.1. The molecule has 1 saturated heterocycles. The molecule has 3 rings (SSSR count). The molecule has 0 saturated carbocycles. The van der Waals surface area contributed by atoms with Crippen molar-refractivity contribution in [1.29, 1.82) is 0 Å². The fourth-order valence-corrected chi connectivity index (χ4v) is 3.21. The molecule has 1 aromatic heterocycles. The molecule has 0 bridgehead atoms. The van der Waals surface area contributed by atoms with E-state index in [1.165, 1.54) is 12.0 Å². The van der Waals surface area contributed by atoms with Crippen LogP contribution >= 0.6 is 0 Å². The summed E-state index contributed by atoms with van der Waals surface area (Å²) >= 11 is 0. The van der Waals surface area contributed by atoms with E-state index in [1.54, 1.807) is 7.11 Å². The molecule has 5 heteroatoms. The Hall–Kier alpha value is -2.01. The normalized spacial score (nSPS) is 18.3. The molecule has 0 spiro atoms. The van der Waals surface area contributed by atoms with Crippen LogP contribution in [0.4, 0.5) is 0 Å². The van der Waals surface area contributed by atoms with Gasteiger partial charge in [0.1, 0.15) is 11.5 Å². The molecule has 1 aliphatic heterocycles. The van der Waals surface area contributed by atoms with Crippen LogP contribution in [0.5, 0.6) is 11.5 Å². The molecule has 1 fully saturated rings. The molecule has 1 aliphatic rings. The lowest BCUT2D eigenvalue weighted by Gasteiger charge is -2.23. The van der Waals surface area contributed by atoms with Crippen LogP contribution in [-0.2, 0) is 6.54 Å². The predicted octanol–water partition coefficient (Wildman–Crippen LogP) is 3.73. The first-order valence-corrected chi connectivity index (χ1v) is 8.18. The second-order valence-corrected chi connectivity index (χ2v) is 5.91. The van der Waals surface area contributed by atoms with Crippen LogP contribution in [0.15, 0.2) is 28.8 Å². The number of methoxy groups -OCH3 is 1. The summed E-state index contributed by atoms with van der Waals surface area (Å²) < 4.78 is 16.3. The maximum absolute atomic E-state index is 5.59. The van der Waals surface area contributed by atoms with Crippen molar-refractivity contribution in [3.63, 3.8) is 0 Å². The zero-order chi connectivity index (χ0) is 16.2. The summed E-state index contributed by atoms with van der Waals surface area (Å²) in [7, 11) is 1.68. The highest BCUT2D eigenvalue weighted by Crippen LogP contribution is 2.34. The highest BCUT2D eigenvalue weighted by molar-refractivity contribution is 5.43. The molecule has 0 unspecified atom stereocenters. The lowest BCUT2D eigenvalue weighted by molar-refractivity contribution is 0.236. The Morgan fingerprint density at radius 3 is 2.87 bits per heavy atom. The van der Waals surface area contributed by atoms with Crippen molar-refractivity contribution >= 4 is 0 Å². The molecular formula is C18H24N2O3. The number of nitrogens with zero attached hydrogens (tertiary/aromatic N) is 2. The molecule has 1 aromatic carbocycles. The van der Waals surface area contributed by atoms with E-state index in [-0.39, 0.29) is 0 Å². The standard InChI is InChI=1S/C18H24N2O3/c1-4-22-17-8-7-14(11-18(17)21-3)12-20-9-5-6-16(20)15-10-13(2)23-19-15/h7-8,10-11,16H,4-6,9,12H2,1-3H3/t16-/m0/s1. The Kier molecular flexibility index (Phi) is 4.86. The minimum absolute atomic E-state index is 0.338. The molecule has 23 heavy (non-hydrogen) atoms. The van der Waals surface area contributed by atoms with E-state index >= 15 is 0 Å². The van der Waals surface area contributed by atoms with Gasteiger partial charge in [0.15, 0.2) is 11.5 Å². The van der Waals surface area contributed by atoms with E-state index in [1.807, 2.05) is 26.0 Å². The quantitative estimate of drug-likeness (QED) is 0.812. The second kappa shape index (κ2) is 7.04. The van der Waals surface area contributed by atoms with E-state index in [2.05, 4.69) is 22.2 Å². The molecule has 1 atom stereocenters. The van der Waals surface area contributed by atoms with E-state index in [0.29, 0.717) is 12.6 Å². The minimum Gasteiger partial charge on any atom is -0.493 e. The van der Waals surface area contributed by atoms with Crippen LogP contribution < -0.4 is 9.47 Å². The summed E-state index contributed by atoms with van der Waals surface area (Å²) in [5.74, 6) is 2.45. The van der Waals surface area contributed by atoms with Crippen molar-refractivity contribution in [1.82, 2.24) is 10.1 Å². The van der Waals surface area contributed by atoms with Crippen molar-refractivity contribution in [2.45, 2.75) is 39.3 Å². The van der Waals surface area contributed by atoms with Gasteiger partial charge in [-0.25, -0.2) is 0 Å². The van der Waals surface area contributed by atoms with Crippen molar-refractivity contribution in [3.05, 3.63) is 41.3 Å². The van der Waals surface area contributed by atoms with E-state index in [9.17, 15) is 0 Å². The van der Waals surface area contributed by atoms with Crippen LogP contribution in [0.1, 0.15) is 42.8 Å². The summed E-state index contributed by atoms with van der Waals surface area (Å²) in [4.78, 5) is 2.45. The Morgan fingerprint density at radius 1 is 1.30 bits per heavy atom. The Balaban J connectivity index is 1.75. The van der Waals surface area contributed by atoms with Gasteiger partial charge < -0.3 is 14.0 Å². The minimum atomic E-state index is 0.338. The Bertz CT molecular complexity index is 653. The van der Waals surface area contributed by atoms with E-state index in [4.69, 9.17) is 14.0 Å². The first-order chi connectivity index (χ1) is 11.2. The zero-order valence-electron chi connectivity index (χ0n) is 14.0. The van der Waals surface area contributed by atoms with Gasteiger partial charge in [-0.05, 0) is 50.9 Å². The number of rotatable bonds is 6. The SMILES string of the molecule is CCOc1ccc(CN2CCC[C@H]2c2cc(C)on2)cc1OC. The van der Waals surface area contributed by atoms with E-state index in [0.717, 1.165) is 42.5 Å². The molecule has 5 nitrogen and oxygen atoms in total. The van der Waals surface area contributed by atoms with Gasteiger partial charge in [-0.2, -0.15) is 0 Å². The first-order valence-electron chi connectivity index (χ1n) is 8.18. The molecule has 2 aromatic rings. The maximum atomic E-state index is 5.59. The molecule has 0 aliphatic carbocycles. The summed E-state index contributed by atoms with van der Waals surface area (Å²) in [6.07, 6.45) is 2.31. The fraction of sp³-hybridized carbons (Fsp3) is 0.500. The first kappa shape index (κ1) is 15.9. The number of aromatic nitrogens is 1. The highest BCUT2D eigenvalue weighted by Gasteiger charge is 2.28. The molecule has 0 amide bonds. The van der Waals surface area contributed by atoms with Crippen LogP contribution in [-0.4, -0.2) is 30.3 Å². The molecule has 0 radical (unpaired) electrons. The summed E-state index contributed by atoms with van der Waals surface area (Å²) in [6.45, 7) is 6.50. The lowest BCUT2D eigenvalue weighted by Crippen LogP contribution is -2.23. The summed E-state index contributed by atoms with van der Waals surface area (Å²) in [6, 6.07) is 8.54. The number of ether oxygens (including phenoxy) is 2. The topological polar surface area (TPSA) is 47.7 Å². The summed E-state index contributed by atoms with van der Waals surface area (Å²) in [5, 5.41) is 4.20. The average molecular weight is 316 g/mol. The number of benzene rings is 1. The van der Waals surface area contributed by atoms with Gasteiger partial charge in [0, 0.05) is 12.6 Å². The Labute approximate surface area is 137 Å². The third-order valence-electron chi connectivity index (χ3n) is 4.26. The Morgan fingerprint density at radius 2 is 2.17 bits per heavy atom. The monoisotopic (exact) mass is 316 g/mol. The van der Waals surface area contributed by atoms with Gasteiger partial charge in [0.25, 0.3) is 0 Å². The van der Waals surface area contributed by atoms with Gasteiger partial charge in [-0.15, -0.1) is 0 Å². The maximum Gasteiger partial charge on any atom is 0.161 e. The van der Waals surface area contributed by atoms with Gasteiger partial charge in [-0.3, -0.25) is 4.90 Å². The number of likely N-dealkylation sites (tertiary alicyclic amines) is 1. The fourth-order valence-electron chi connectivity index (χ4n) is 3.21. The number of hydrogen-bond donors (Lipinski definition) is 0. The average Bonchev–Trinajstić information content (AvgIpc) is 3.17. The van der Waals surface area contributed by atoms with Crippen LogP contribution in [0.3, 0.4) is 0 Å². The largest absolute Gasteiger partial charge is 0.493 e. The molecule has 0 N–H and O–H groups in total. The van der Waals surface area contributed by atoms with Crippen molar-refractivity contribution < 1.29 is 14.0 Å². The molecule has 2 heterocycles. The van der Waals surface area contributed by atoms with Crippen LogP contribution in [0, 0.1) is 6.92 Å². The van der Waals surface area contributed by atoms with Gasteiger partial charge in [0.2, 0.25) is 0 Å². The number of hydrogen-bond acceptors (Lipinski definition) is 5. The van der Waals surface area contributed by atoms with Crippen molar-refractivity contribution in [3.8, 4) is 11.5 Å².